The van der Waals surface area contributed by atoms with Gasteiger partial charge in [0.25, 0.3) is 0 Å². The zero-order valence-corrected chi connectivity index (χ0v) is 9.72. The molecular weight excluding hydrogens is 206 g/mol. The first-order valence-corrected chi connectivity index (χ1v) is 5.94. The Morgan fingerprint density at radius 2 is 2.38 bits per heavy atom. The molecule has 1 unspecified atom stereocenters. The number of aliphatic hydroxyl groups is 1. The highest BCUT2D eigenvalue weighted by molar-refractivity contribution is 5.05. The Morgan fingerprint density at radius 3 is 3.06 bits per heavy atom. The van der Waals surface area contributed by atoms with Crippen molar-refractivity contribution in [1.29, 1.82) is 0 Å². The largest absolute Gasteiger partial charge is 0.396 e. The van der Waals surface area contributed by atoms with Crippen molar-refractivity contribution in [3.63, 3.8) is 0 Å². The highest BCUT2D eigenvalue weighted by atomic mass is 16.6. The average Bonchev–Trinajstić information content (AvgIpc) is 2.87. The van der Waals surface area contributed by atoms with E-state index in [0.717, 1.165) is 37.3 Å². The Bertz CT molecular complexity index is 327. The number of hydrogen-bond donors (Lipinski definition) is 1. The van der Waals surface area contributed by atoms with Gasteiger partial charge in [-0.1, -0.05) is 10.3 Å². The van der Waals surface area contributed by atoms with E-state index in [9.17, 15) is 0 Å². The minimum atomic E-state index is 0.287. The van der Waals surface area contributed by atoms with E-state index in [1.807, 2.05) is 6.92 Å². The summed E-state index contributed by atoms with van der Waals surface area (Å²) in [5, 5.41) is 16.6. The topological polar surface area (TPSA) is 62.4 Å². The Hall–Kier alpha value is -0.940. The van der Waals surface area contributed by atoms with Crippen LogP contribution in [-0.2, 0) is 6.54 Å². The molecule has 1 aliphatic heterocycles. The standard InChI is InChI=1S/C11H19N3O2/c1-9-11(13-16-12-9)8-14-6-2-4-10(14)5-3-7-15/h10,15H,2-8H2,1H3. The number of likely N-dealkylation sites (tertiary alicyclic amines) is 1. The maximum absolute atomic E-state index is 8.86. The fraction of sp³-hybridized carbons (Fsp3) is 0.818. The molecule has 1 N–H and O–H groups in total. The van der Waals surface area contributed by atoms with Gasteiger partial charge in [-0.3, -0.25) is 4.90 Å². The fourth-order valence-corrected chi connectivity index (χ4v) is 2.34. The molecule has 1 aromatic rings. The van der Waals surface area contributed by atoms with Crippen LogP contribution < -0.4 is 0 Å². The van der Waals surface area contributed by atoms with Gasteiger partial charge in [-0.15, -0.1) is 0 Å². The molecule has 0 saturated carbocycles. The van der Waals surface area contributed by atoms with Crippen molar-refractivity contribution >= 4 is 0 Å². The van der Waals surface area contributed by atoms with Crippen molar-refractivity contribution < 1.29 is 9.74 Å². The number of hydrogen-bond acceptors (Lipinski definition) is 5. The lowest BCUT2D eigenvalue weighted by Gasteiger charge is -2.23. The summed E-state index contributed by atoms with van der Waals surface area (Å²) in [6, 6.07) is 0.586. The Morgan fingerprint density at radius 1 is 1.50 bits per heavy atom. The van der Waals surface area contributed by atoms with E-state index in [1.165, 1.54) is 12.8 Å². The summed E-state index contributed by atoms with van der Waals surface area (Å²) in [5.74, 6) is 0. The van der Waals surface area contributed by atoms with Gasteiger partial charge in [0.15, 0.2) is 0 Å². The molecule has 1 aromatic heterocycles. The predicted molar refractivity (Wildman–Crippen MR) is 58.8 cm³/mol. The molecule has 1 fully saturated rings. The van der Waals surface area contributed by atoms with E-state index in [2.05, 4.69) is 15.2 Å². The first kappa shape index (κ1) is 11.5. The van der Waals surface area contributed by atoms with Crippen LogP contribution in [0.2, 0.25) is 0 Å². The summed E-state index contributed by atoms with van der Waals surface area (Å²) >= 11 is 0. The van der Waals surface area contributed by atoms with Gasteiger partial charge in [-0.2, -0.15) is 0 Å². The molecule has 1 atom stereocenters. The summed E-state index contributed by atoms with van der Waals surface area (Å²) < 4.78 is 4.71. The molecule has 5 nitrogen and oxygen atoms in total. The molecule has 0 bridgehead atoms. The minimum absolute atomic E-state index is 0.287. The van der Waals surface area contributed by atoms with Crippen molar-refractivity contribution in [2.45, 2.75) is 45.2 Å². The highest BCUT2D eigenvalue weighted by Gasteiger charge is 2.25. The Labute approximate surface area is 95.4 Å². The lowest BCUT2D eigenvalue weighted by molar-refractivity contribution is 0.204. The van der Waals surface area contributed by atoms with Crippen molar-refractivity contribution in [2.75, 3.05) is 13.2 Å². The van der Waals surface area contributed by atoms with E-state index in [4.69, 9.17) is 9.74 Å². The third-order valence-corrected chi connectivity index (χ3v) is 3.29. The lowest BCUT2D eigenvalue weighted by Crippen LogP contribution is -2.29. The third-order valence-electron chi connectivity index (χ3n) is 3.29. The van der Waals surface area contributed by atoms with E-state index in [-0.39, 0.29) is 6.61 Å². The summed E-state index contributed by atoms with van der Waals surface area (Å²) in [4.78, 5) is 2.42. The molecule has 5 heteroatoms. The molecule has 0 aromatic carbocycles. The summed E-state index contributed by atoms with van der Waals surface area (Å²) in [7, 11) is 0. The third kappa shape index (κ3) is 2.59. The molecule has 0 radical (unpaired) electrons. The lowest BCUT2D eigenvalue weighted by atomic mass is 10.1. The molecular formula is C11H19N3O2. The van der Waals surface area contributed by atoms with Crippen molar-refractivity contribution in [1.82, 2.24) is 15.2 Å². The van der Waals surface area contributed by atoms with Crippen LogP contribution in [0.5, 0.6) is 0 Å². The van der Waals surface area contributed by atoms with Gasteiger partial charge in [0.05, 0.1) is 0 Å². The summed E-state index contributed by atoms with van der Waals surface area (Å²) in [6.45, 7) is 4.15. The van der Waals surface area contributed by atoms with Crippen LogP contribution in [0.25, 0.3) is 0 Å². The fourth-order valence-electron chi connectivity index (χ4n) is 2.34. The van der Waals surface area contributed by atoms with Crippen molar-refractivity contribution in [2.24, 2.45) is 0 Å². The molecule has 0 amide bonds. The molecule has 0 spiro atoms. The molecule has 2 heterocycles. The van der Waals surface area contributed by atoms with Crippen LogP contribution >= 0.6 is 0 Å². The van der Waals surface area contributed by atoms with Gasteiger partial charge in [0.2, 0.25) is 0 Å². The second kappa shape index (κ2) is 5.41. The molecule has 0 aliphatic carbocycles. The number of aromatic nitrogens is 2. The van der Waals surface area contributed by atoms with Gasteiger partial charge in [-0.05, 0) is 39.2 Å². The van der Waals surface area contributed by atoms with Crippen LogP contribution in [-0.4, -0.2) is 39.5 Å². The SMILES string of the molecule is Cc1nonc1CN1CCCC1CCCO. The van der Waals surface area contributed by atoms with Crippen molar-refractivity contribution in [3.8, 4) is 0 Å². The van der Waals surface area contributed by atoms with Crippen LogP contribution in [0.1, 0.15) is 37.1 Å². The van der Waals surface area contributed by atoms with E-state index >= 15 is 0 Å². The van der Waals surface area contributed by atoms with Crippen LogP contribution in [0.4, 0.5) is 0 Å². The Balaban J connectivity index is 1.91. The van der Waals surface area contributed by atoms with Gasteiger partial charge < -0.3 is 5.11 Å². The maximum Gasteiger partial charge on any atom is 0.122 e. The minimum Gasteiger partial charge on any atom is -0.396 e. The normalized spacial score (nSPS) is 21.8. The van der Waals surface area contributed by atoms with Gasteiger partial charge in [-0.25, -0.2) is 4.63 Å². The van der Waals surface area contributed by atoms with E-state index < -0.39 is 0 Å². The number of rotatable bonds is 5. The van der Waals surface area contributed by atoms with Crippen LogP contribution in [0.3, 0.4) is 0 Å². The highest BCUT2D eigenvalue weighted by Crippen LogP contribution is 2.23. The summed E-state index contributed by atoms with van der Waals surface area (Å²) in [5.41, 5.74) is 1.82. The predicted octanol–water partition coefficient (Wildman–Crippen LogP) is 1.11. The maximum atomic E-state index is 8.86. The van der Waals surface area contributed by atoms with Gasteiger partial charge in [0, 0.05) is 19.2 Å². The van der Waals surface area contributed by atoms with Crippen molar-refractivity contribution in [3.05, 3.63) is 11.4 Å². The van der Waals surface area contributed by atoms with E-state index in [0.29, 0.717) is 6.04 Å². The summed E-state index contributed by atoms with van der Waals surface area (Å²) in [6.07, 6.45) is 4.42. The monoisotopic (exact) mass is 225 g/mol. The molecule has 1 saturated heterocycles. The first-order valence-electron chi connectivity index (χ1n) is 5.94. The van der Waals surface area contributed by atoms with Crippen LogP contribution in [0, 0.1) is 6.92 Å². The molecule has 90 valence electrons. The van der Waals surface area contributed by atoms with Gasteiger partial charge >= 0.3 is 0 Å². The second-order valence-corrected chi connectivity index (χ2v) is 4.43. The number of aliphatic hydroxyl groups excluding tert-OH is 1. The quantitative estimate of drug-likeness (QED) is 0.813. The average molecular weight is 225 g/mol. The number of nitrogens with zero attached hydrogens (tertiary/aromatic N) is 3. The van der Waals surface area contributed by atoms with Gasteiger partial charge in [0.1, 0.15) is 11.4 Å². The van der Waals surface area contributed by atoms with E-state index in [1.54, 1.807) is 0 Å². The molecule has 2 rings (SSSR count). The second-order valence-electron chi connectivity index (χ2n) is 4.43. The molecule has 16 heavy (non-hydrogen) atoms. The number of aryl methyl sites for hydroxylation is 1. The smallest absolute Gasteiger partial charge is 0.122 e. The zero-order valence-electron chi connectivity index (χ0n) is 9.72. The zero-order chi connectivity index (χ0) is 11.4. The Kier molecular flexibility index (Phi) is 3.90. The van der Waals surface area contributed by atoms with Crippen LogP contribution in [0.15, 0.2) is 4.63 Å². The molecule has 1 aliphatic rings. The first-order chi connectivity index (χ1) is 7.81.